The highest BCUT2D eigenvalue weighted by molar-refractivity contribution is 5.53. The second-order valence-corrected chi connectivity index (χ2v) is 6.48. The molecule has 1 heterocycles. The first-order valence-corrected chi connectivity index (χ1v) is 8.24. The maximum atomic E-state index is 11.0. The van der Waals surface area contributed by atoms with Crippen molar-refractivity contribution in [2.75, 3.05) is 0 Å². The first kappa shape index (κ1) is 7.63. The summed E-state index contributed by atoms with van der Waals surface area (Å²) in [7, 11) is 0. The molecule has 2 aliphatic rings. The predicted octanol–water partition coefficient (Wildman–Crippen LogP) is 5.74. The van der Waals surface area contributed by atoms with Crippen LogP contribution in [0, 0.1) is 5.92 Å². The molecule has 0 amide bonds. The van der Waals surface area contributed by atoms with Crippen LogP contribution in [0.25, 0.3) is 0 Å². The van der Waals surface area contributed by atoms with E-state index in [-0.39, 0.29) is 48.0 Å². The van der Waals surface area contributed by atoms with Crippen molar-refractivity contribution in [3.63, 3.8) is 0 Å². The summed E-state index contributed by atoms with van der Waals surface area (Å²) in [6.07, 6.45) is 3.69. The smallest absolute Gasteiger partial charge is 0.127 e. The molecule has 126 valence electrons. The lowest BCUT2D eigenvalue weighted by molar-refractivity contribution is 0.0107. The molecule has 0 fully saturated rings. The van der Waals surface area contributed by atoms with Crippen LogP contribution in [0.5, 0.6) is 11.5 Å². The van der Waals surface area contributed by atoms with E-state index in [0.29, 0.717) is 6.42 Å². The van der Waals surface area contributed by atoms with Crippen LogP contribution >= 0.6 is 0 Å². The van der Waals surface area contributed by atoms with Gasteiger partial charge in [0.25, 0.3) is 0 Å². The molecule has 0 bridgehead atoms. The van der Waals surface area contributed by atoms with E-state index in [1.807, 2.05) is 6.92 Å². The zero-order valence-electron chi connectivity index (χ0n) is 24.3. The number of hydrogen-bond donors (Lipinski definition) is 1. The molecule has 0 saturated heterocycles. The first-order valence-electron chi connectivity index (χ1n) is 13.7. The van der Waals surface area contributed by atoms with Crippen LogP contribution in [0.15, 0.2) is 23.7 Å². The molecule has 0 unspecified atom stereocenters. The molecule has 3 rings (SSSR count). The molecule has 2 atom stereocenters. The summed E-state index contributed by atoms with van der Waals surface area (Å²) in [5.41, 5.74) is -2.62. The number of unbranched alkanes of at least 4 members (excludes halogenated alkanes) is 2. The number of rotatable bonds is 4. The fraction of sp³-hybridized carbons (Fsp3) is 0.619. The number of phenolic OH excluding ortho intramolecular Hbond substituents is 1. The van der Waals surface area contributed by atoms with Crippen LogP contribution in [0.4, 0.5) is 0 Å². The standard InChI is InChI=1S/C21H30O2/c1-5-6-7-8-15-12-18(22)20-16-11-14(2)9-10-17(16)21(3,4)23-19(20)13-15/h11-13,16-17,22H,5-10H2,1-4H3/t16-,17-/m1/s1/i2D3,3D3,4D3,12D,13D. The molecule has 0 radical (unpaired) electrons. The molecule has 0 saturated carbocycles. The maximum absolute atomic E-state index is 11.0. The van der Waals surface area contributed by atoms with Gasteiger partial charge in [0.05, 0.1) is 2.74 Å². The van der Waals surface area contributed by atoms with Gasteiger partial charge in [-0.15, -0.1) is 0 Å². The molecule has 0 aromatic heterocycles. The van der Waals surface area contributed by atoms with Gasteiger partial charge in [-0.05, 0) is 63.9 Å². The zero-order chi connectivity index (χ0) is 25.9. The molecule has 1 N–H and O–H groups in total. The van der Waals surface area contributed by atoms with E-state index in [9.17, 15) is 5.11 Å². The van der Waals surface area contributed by atoms with Crippen molar-refractivity contribution < 1.29 is 24.9 Å². The Bertz CT molecular complexity index is 959. The van der Waals surface area contributed by atoms with Crippen molar-refractivity contribution in [1.82, 2.24) is 0 Å². The molecule has 2 heteroatoms. The van der Waals surface area contributed by atoms with Crippen molar-refractivity contribution in [3.05, 3.63) is 34.9 Å². The molecule has 1 aromatic rings. The second kappa shape index (κ2) is 6.22. The number of ether oxygens (including phenoxy) is 1. The number of benzene rings is 1. The molecular formula is C21H30O2. The fourth-order valence-electron chi connectivity index (χ4n) is 3.50. The first-order chi connectivity index (χ1) is 15.5. The normalized spacial score (nSPS) is 33.8. The molecular weight excluding hydrogens is 284 g/mol. The quantitative estimate of drug-likeness (QED) is 0.565. The topological polar surface area (TPSA) is 29.5 Å². The minimum Gasteiger partial charge on any atom is -0.507 e. The summed E-state index contributed by atoms with van der Waals surface area (Å²) in [5, 5.41) is 11.0. The zero-order valence-corrected chi connectivity index (χ0v) is 13.3. The van der Waals surface area contributed by atoms with E-state index in [0.717, 1.165) is 12.8 Å². The number of fused-ring (bicyclic) bond motifs is 3. The largest absolute Gasteiger partial charge is 0.507 e. The third-order valence-electron chi connectivity index (χ3n) is 4.72. The number of phenols is 1. The highest BCUT2D eigenvalue weighted by Gasteiger charge is 2.45. The molecule has 2 nitrogen and oxygen atoms in total. The van der Waals surface area contributed by atoms with E-state index in [1.165, 1.54) is 6.08 Å². The lowest BCUT2D eigenvalue weighted by Crippen LogP contribution is -2.45. The van der Waals surface area contributed by atoms with Crippen molar-refractivity contribution in [3.8, 4) is 11.5 Å². The van der Waals surface area contributed by atoms with E-state index in [4.69, 9.17) is 19.8 Å². The Kier molecular flexibility index (Phi) is 2.06. The summed E-state index contributed by atoms with van der Waals surface area (Å²) in [6, 6.07) is -0.633. The number of aromatic hydroxyl groups is 1. The van der Waals surface area contributed by atoms with Gasteiger partial charge in [0.1, 0.15) is 17.1 Å². The number of hydrogen-bond acceptors (Lipinski definition) is 2. The average molecular weight is 326 g/mol. The van der Waals surface area contributed by atoms with Gasteiger partial charge in [-0.2, -0.15) is 0 Å². The van der Waals surface area contributed by atoms with E-state index >= 15 is 0 Å². The Morgan fingerprint density at radius 1 is 1.39 bits per heavy atom. The van der Waals surface area contributed by atoms with E-state index < -0.39 is 49.5 Å². The summed E-state index contributed by atoms with van der Waals surface area (Å²) in [4.78, 5) is 0. The summed E-state index contributed by atoms with van der Waals surface area (Å²) < 4.78 is 95.5. The van der Waals surface area contributed by atoms with Gasteiger partial charge in [-0.1, -0.05) is 31.4 Å². The van der Waals surface area contributed by atoms with Crippen molar-refractivity contribution in [1.29, 1.82) is 0 Å². The summed E-state index contributed by atoms with van der Waals surface area (Å²) >= 11 is 0. The van der Waals surface area contributed by atoms with Gasteiger partial charge in [0.15, 0.2) is 0 Å². The second-order valence-electron chi connectivity index (χ2n) is 6.48. The number of allylic oxidation sites excluding steroid dienone is 2. The van der Waals surface area contributed by atoms with Crippen LogP contribution in [0.3, 0.4) is 0 Å². The fourth-order valence-corrected chi connectivity index (χ4v) is 3.50. The predicted molar refractivity (Wildman–Crippen MR) is 95.3 cm³/mol. The monoisotopic (exact) mass is 325 g/mol. The van der Waals surface area contributed by atoms with Crippen molar-refractivity contribution in [2.24, 2.45) is 5.92 Å². The van der Waals surface area contributed by atoms with Crippen LogP contribution in [-0.4, -0.2) is 10.7 Å². The Morgan fingerprint density at radius 3 is 3.00 bits per heavy atom. The van der Waals surface area contributed by atoms with Crippen molar-refractivity contribution >= 4 is 0 Å². The Balaban J connectivity index is 2.37. The van der Waals surface area contributed by atoms with E-state index in [2.05, 4.69) is 0 Å². The molecule has 23 heavy (non-hydrogen) atoms. The SMILES string of the molecule is [2H]c1c(O)c2c(c([2H])c1CCCCC)OC(C([2H])([2H])[2H])(C([2H])([2H])[2H])[C@@H]1CCC(C([2H])([2H])[2H])=C[C@@H]21. The van der Waals surface area contributed by atoms with E-state index in [1.54, 1.807) is 0 Å². The lowest BCUT2D eigenvalue weighted by Gasteiger charge is -2.46. The molecule has 1 aliphatic carbocycles. The Labute approximate surface area is 156 Å². The van der Waals surface area contributed by atoms with Gasteiger partial charge >= 0.3 is 0 Å². The van der Waals surface area contributed by atoms with Crippen LogP contribution in [0.2, 0.25) is 0 Å². The highest BCUT2D eigenvalue weighted by atomic mass is 16.5. The van der Waals surface area contributed by atoms with Crippen LogP contribution in [-0.2, 0) is 6.42 Å². The van der Waals surface area contributed by atoms with Gasteiger partial charge in [0.2, 0.25) is 0 Å². The summed E-state index contributed by atoms with van der Waals surface area (Å²) in [6.45, 7) is -6.80. The molecule has 0 spiro atoms. The third kappa shape index (κ3) is 3.13. The van der Waals surface area contributed by atoms with Gasteiger partial charge in [-0.3, -0.25) is 0 Å². The highest BCUT2D eigenvalue weighted by Crippen LogP contribution is 2.53. The maximum Gasteiger partial charge on any atom is 0.127 e. The minimum atomic E-state index is -3.14. The lowest BCUT2D eigenvalue weighted by atomic mass is 9.68. The molecule has 1 aliphatic heterocycles. The Morgan fingerprint density at radius 2 is 2.26 bits per heavy atom. The minimum absolute atomic E-state index is 0.0241. The van der Waals surface area contributed by atoms with Gasteiger partial charge in [0, 0.05) is 29.7 Å². The van der Waals surface area contributed by atoms with Gasteiger partial charge < -0.3 is 9.84 Å². The van der Waals surface area contributed by atoms with Gasteiger partial charge in [-0.25, -0.2) is 0 Å². The summed E-state index contributed by atoms with van der Waals surface area (Å²) in [5.74, 6) is -3.29. The average Bonchev–Trinajstić information content (AvgIpc) is 2.70. The Hall–Kier alpha value is -1.44. The van der Waals surface area contributed by atoms with Crippen LogP contribution in [0.1, 0.15) is 91.7 Å². The van der Waals surface area contributed by atoms with Crippen LogP contribution < -0.4 is 4.74 Å². The molecule has 1 aromatic carbocycles. The third-order valence-corrected chi connectivity index (χ3v) is 4.72. The van der Waals surface area contributed by atoms with Crippen molar-refractivity contribution in [2.45, 2.75) is 77.5 Å².